The van der Waals surface area contributed by atoms with Gasteiger partial charge in [-0.25, -0.2) is 0 Å². The lowest BCUT2D eigenvalue weighted by Crippen LogP contribution is -2.34. The molecule has 0 fully saturated rings. The molecule has 0 atom stereocenters. The summed E-state index contributed by atoms with van der Waals surface area (Å²) in [5.41, 5.74) is 2.42. The van der Waals surface area contributed by atoms with Gasteiger partial charge in [-0.15, -0.1) is 11.3 Å². The number of aryl methyl sites for hydroxylation is 1. The number of amides is 1. The van der Waals surface area contributed by atoms with Gasteiger partial charge < -0.3 is 4.90 Å². The molecule has 0 radical (unpaired) electrons. The summed E-state index contributed by atoms with van der Waals surface area (Å²) in [6.45, 7) is 5.70. The molecule has 0 aromatic carbocycles. The fourth-order valence-electron chi connectivity index (χ4n) is 1.81. The highest BCUT2D eigenvalue weighted by Gasteiger charge is 2.20. The number of rotatable bonds is 1. The molecule has 0 aliphatic carbocycles. The lowest BCUT2D eigenvalue weighted by Gasteiger charge is -2.25. The van der Waals surface area contributed by atoms with E-state index in [2.05, 4.69) is 28.9 Å². The summed E-state index contributed by atoms with van der Waals surface area (Å²) in [4.78, 5) is 15.0. The van der Waals surface area contributed by atoms with Gasteiger partial charge in [0, 0.05) is 13.1 Å². The zero-order chi connectivity index (χ0) is 11.7. The Morgan fingerprint density at radius 3 is 2.81 bits per heavy atom. The van der Waals surface area contributed by atoms with Crippen molar-refractivity contribution in [1.29, 1.82) is 0 Å². The number of hydrogen-bond acceptors (Lipinski definition) is 2. The molecule has 0 bridgehead atoms. The normalized spacial score (nSPS) is 16.2. The molecule has 0 saturated carbocycles. The van der Waals surface area contributed by atoms with Gasteiger partial charge in [-0.1, -0.05) is 11.6 Å². The second-order valence-electron chi connectivity index (χ2n) is 4.13. The standard InChI is InChI=1S/C12H14BrNOS/c1-8-4-3-5-14(7-8)12(15)10-6-9(2)11(13)16-10/h4,6H,3,5,7H2,1-2H3. The van der Waals surface area contributed by atoms with Crippen molar-refractivity contribution in [2.75, 3.05) is 13.1 Å². The molecule has 1 aromatic rings. The number of halogens is 1. The van der Waals surface area contributed by atoms with Gasteiger partial charge in [0.15, 0.2) is 0 Å². The van der Waals surface area contributed by atoms with E-state index in [1.54, 1.807) is 0 Å². The van der Waals surface area contributed by atoms with E-state index in [9.17, 15) is 4.79 Å². The van der Waals surface area contributed by atoms with E-state index in [4.69, 9.17) is 0 Å². The summed E-state index contributed by atoms with van der Waals surface area (Å²) >= 11 is 4.98. The second-order valence-corrected chi connectivity index (χ2v) is 6.50. The average Bonchev–Trinajstić information content (AvgIpc) is 2.58. The monoisotopic (exact) mass is 299 g/mol. The van der Waals surface area contributed by atoms with E-state index in [-0.39, 0.29) is 5.91 Å². The molecule has 1 amide bonds. The molecule has 2 heterocycles. The molecule has 2 nitrogen and oxygen atoms in total. The largest absolute Gasteiger partial charge is 0.334 e. The summed E-state index contributed by atoms with van der Waals surface area (Å²) in [6, 6.07) is 1.96. The summed E-state index contributed by atoms with van der Waals surface area (Å²) in [6.07, 6.45) is 3.18. The number of nitrogens with zero attached hydrogens (tertiary/aromatic N) is 1. The second kappa shape index (κ2) is 4.72. The third kappa shape index (κ3) is 2.38. The molecular formula is C12H14BrNOS. The lowest BCUT2D eigenvalue weighted by atomic mass is 10.1. The maximum Gasteiger partial charge on any atom is 0.264 e. The van der Waals surface area contributed by atoms with Gasteiger partial charge in [0.25, 0.3) is 5.91 Å². The van der Waals surface area contributed by atoms with Gasteiger partial charge in [0.05, 0.1) is 8.66 Å². The Morgan fingerprint density at radius 1 is 1.50 bits per heavy atom. The third-order valence-electron chi connectivity index (χ3n) is 2.69. The minimum Gasteiger partial charge on any atom is -0.334 e. The zero-order valence-corrected chi connectivity index (χ0v) is 11.8. The molecule has 16 heavy (non-hydrogen) atoms. The van der Waals surface area contributed by atoms with Crippen molar-refractivity contribution in [3.8, 4) is 0 Å². The first-order chi connectivity index (χ1) is 7.58. The molecule has 1 aliphatic rings. The van der Waals surface area contributed by atoms with Crippen molar-refractivity contribution >= 4 is 33.2 Å². The topological polar surface area (TPSA) is 20.3 Å². The Bertz CT molecular complexity index is 430. The lowest BCUT2D eigenvalue weighted by molar-refractivity contribution is 0.0771. The Kier molecular flexibility index (Phi) is 3.50. The number of thiophene rings is 1. The summed E-state index contributed by atoms with van der Waals surface area (Å²) in [5.74, 6) is 0.159. The molecule has 1 aromatic heterocycles. The minimum atomic E-state index is 0.159. The predicted molar refractivity (Wildman–Crippen MR) is 71.0 cm³/mol. The van der Waals surface area contributed by atoms with Gasteiger partial charge in [-0.3, -0.25) is 4.79 Å². The Morgan fingerprint density at radius 2 is 2.25 bits per heavy atom. The van der Waals surface area contributed by atoms with Crippen molar-refractivity contribution in [2.45, 2.75) is 20.3 Å². The van der Waals surface area contributed by atoms with E-state index in [1.807, 2.05) is 17.9 Å². The summed E-state index contributed by atoms with van der Waals surface area (Å²) in [5, 5.41) is 0. The van der Waals surface area contributed by atoms with Crippen LogP contribution < -0.4 is 0 Å². The smallest absolute Gasteiger partial charge is 0.264 e. The van der Waals surface area contributed by atoms with Crippen LogP contribution in [0.25, 0.3) is 0 Å². The van der Waals surface area contributed by atoms with E-state index >= 15 is 0 Å². The molecule has 0 spiro atoms. The highest BCUT2D eigenvalue weighted by atomic mass is 79.9. The molecule has 0 unspecified atom stereocenters. The van der Waals surface area contributed by atoms with Crippen molar-refractivity contribution < 1.29 is 4.79 Å². The van der Waals surface area contributed by atoms with Crippen LogP contribution in [0, 0.1) is 6.92 Å². The predicted octanol–water partition coefficient (Wildman–Crippen LogP) is 3.61. The van der Waals surface area contributed by atoms with Crippen molar-refractivity contribution in [3.63, 3.8) is 0 Å². The van der Waals surface area contributed by atoms with Crippen LogP contribution in [0.5, 0.6) is 0 Å². The SMILES string of the molecule is CC1=CCCN(C(=O)c2cc(C)c(Br)s2)C1. The first-order valence-electron chi connectivity index (χ1n) is 5.29. The molecule has 86 valence electrons. The Balaban J connectivity index is 2.16. The van der Waals surface area contributed by atoms with Crippen LogP contribution in [0.15, 0.2) is 21.5 Å². The summed E-state index contributed by atoms with van der Waals surface area (Å²) < 4.78 is 1.06. The average molecular weight is 300 g/mol. The van der Waals surface area contributed by atoms with Gasteiger partial charge in [-0.05, 0) is 47.8 Å². The summed E-state index contributed by atoms with van der Waals surface area (Å²) in [7, 11) is 0. The molecule has 1 aliphatic heterocycles. The Labute approximate surface area is 108 Å². The zero-order valence-electron chi connectivity index (χ0n) is 9.42. The quantitative estimate of drug-likeness (QED) is 0.726. The number of hydrogen-bond donors (Lipinski definition) is 0. The fraction of sp³-hybridized carbons (Fsp3) is 0.417. The number of carbonyl (C=O) groups excluding carboxylic acids is 1. The van der Waals surface area contributed by atoms with E-state index in [0.29, 0.717) is 0 Å². The van der Waals surface area contributed by atoms with Crippen molar-refractivity contribution in [3.05, 3.63) is 31.9 Å². The highest BCUT2D eigenvalue weighted by Crippen LogP contribution is 2.28. The van der Waals surface area contributed by atoms with Gasteiger partial charge in [0.1, 0.15) is 0 Å². The van der Waals surface area contributed by atoms with Crippen LogP contribution >= 0.6 is 27.3 Å². The van der Waals surface area contributed by atoms with Crippen LogP contribution in [0.2, 0.25) is 0 Å². The maximum absolute atomic E-state index is 12.2. The van der Waals surface area contributed by atoms with E-state index in [1.165, 1.54) is 16.9 Å². The van der Waals surface area contributed by atoms with Crippen LogP contribution in [-0.2, 0) is 0 Å². The van der Waals surface area contributed by atoms with Crippen LogP contribution in [0.1, 0.15) is 28.6 Å². The van der Waals surface area contributed by atoms with Crippen molar-refractivity contribution in [1.82, 2.24) is 4.90 Å². The Hall–Kier alpha value is -0.610. The minimum absolute atomic E-state index is 0.159. The number of carbonyl (C=O) groups is 1. The molecular weight excluding hydrogens is 286 g/mol. The van der Waals surface area contributed by atoms with Crippen LogP contribution in [-0.4, -0.2) is 23.9 Å². The highest BCUT2D eigenvalue weighted by molar-refractivity contribution is 9.11. The van der Waals surface area contributed by atoms with Gasteiger partial charge in [-0.2, -0.15) is 0 Å². The molecule has 0 N–H and O–H groups in total. The van der Waals surface area contributed by atoms with Crippen LogP contribution in [0.4, 0.5) is 0 Å². The van der Waals surface area contributed by atoms with Crippen molar-refractivity contribution in [2.24, 2.45) is 0 Å². The first kappa shape index (κ1) is 11.9. The van der Waals surface area contributed by atoms with Gasteiger partial charge in [0.2, 0.25) is 0 Å². The molecule has 2 rings (SSSR count). The third-order valence-corrected chi connectivity index (χ3v) is 4.81. The maximum atomic E-state index is 12.2. The van der Waals surface area contributed by atoms with E-state index < -0.39 is 0 Å². The van der Waals surface area contributed by atoms with E-state index in [0.717, 1.165) is 33.7 Å². The molecule has 4 heteroatoms. The van der Waals surface area contributed by atoms with Gasteiger partial charge >= 0.3 is 0 Å². The first-order valence-corrected chi connectivity index (χ1v) is 6.89. The fourth-order valence-corrected chi connectivity index (χ4v) is 3.31. The molecule has 0 saturated heterocycles. The van der Waals surface area contributed by atoms with Crippen LogP contribution in [0.3, 0.4) is 0 Å².